The van der Waals surface area contributed by atoms with Crippen LogP contribution in [0.25, 0.3) is 22.3 Å². The van der Waals surface area contributed by atoms with Crippen molar-refractivity contribution in [2.75, 3.05) is 0 Å². The first-order valence-electron chi connectivity index (χ1n) is 6.75. The third-order valence-corrected chi connectivity index (χ3v) is 3.48. The molecule has 3 aromatic rings. The van der Waals surface area contributed by atoms with Crippen LogP contribution >= 0.6 is 0 Å². The SMILES string of the molecule is CCn1nc(C)c2c(C(F)(F)F)cc(-c3cnn(C)c3)nc21. The molecule has 3 rings (SSSR count). The largest absolute Gasteiger partial charge is 0.417 e. The Labute approximate surface area is 124 Å². The van der Waals surface area contributed by atoms with Crippen molar-refractivity contribution >= 4 is 11.0 Å². The highest BCUT2D eigenvalue weighted by Crippen LogP contribution is 2.37. The maximum absolute atomic E-state index is 13.4. The standard InChI is InChI=1S/C14H14F3N5/c1-4-22-13-12(8(2)20-22)10(14(15,16)17)5-11(19-13)9-6-18-21(3)7-9/h5-7H,4H2,1-3H3. The van der Waals surface area contributed by atoms with Gasteiger partial charge in [-0.15, -0.1) is 0 Å². The molecule has 0 fully saturated rings. The molecule has 0 aliphatic rings. The van der Waals surface area contributed by atoms with Gasteiger partial charge in [0.25, 0.3) is 0 Å². The second-order valence-corrected chi connectivity index (χ2v) is 5.06. The van der Waals surface area contributed by atoms with Crippen LogP contribution in [0.15, 0.2) is 18.5 Å². The smallest absolute Gasteiger partial charge is 0.275 e. The van der Waals surface area contributed by atoms with Crippen LogP contribution in [0.3, 0.4) is 0 Å². The van der Waals surface area contributed by atoms with E-state index in [1.165, 1.54) is 15.6 Å². The van der Waals surface area contributed by atoms with Crippen molar-refractivity contribution in [2.24, 2.45) is 7.05 Å². The van der Waals surface area contributed by atoms with Gasteiger partial charge in [0.05, 0.1) is 28.5 Å². The van der Waals surface area contributed by atoms with E-state index in [1.54, 1.807) is 20.2 Å². The van der Waals surface area contributed by atoms with Crippen LogP contribution in [-0.2, 0) is 19.8 Å². The predicted octanol–water partition coefficient (Wildman–Crippen LogP) is 3.18. The number of fused-ring (bicyclic) bond motifs is 1. The van der Waals surface area contributed by atoms with Gasteiger partial charge in [-0.1, -0.05) is 0 Å². The lowest BCUT2D eigenvalue weighted by molar-refractivity contribution is -0.136. The van der Waals surface area contributed by atoms with Gasteiger partial charge >= 0.3 is 6.18 Å². The van der Waals surface area contributed by atoms with Gasteiger partial charge in [0.15, 0.2) is 5.65 Å². The van der Waals surface area contributed by atoms with Crippen molar-refractivity contribution in [2.45, 2.75) is 26.6 Å². The number of hydrogen-bond acceptors (Lipinski definition) is 3. The molecule has 0 unspecified atom stereocenters. The molecule has 116 valence electrons. The van der Waals surface area contributed by atoms with E-state index < -0.39 is 11.7 Å². The minimum absolute atomic E-state index is 0.0574. The Morgan fingerprint density at radius 2 is 2.00 bits per heavy atom. The predicted molar refractivity (Wildman–Crippen MR) is 75.1 cm³/mol. The van der Waals surface area contributed by atoms with E-state index in [-0.39, 0.29) is 16.7 Å². The highest BCUT2D eigenvalue weighted by Gasteiger charge is 2.35. The molecule has 3 heterocycles. The summed E-state index contributed by atoms with van der Waals surface area (Å²) in [4.78, 5) is 4.37. The Bertz CT molecular complexity index is 844. The third-order valence-electron chi connectivity index (χ3n) is 3.48. The molecule has 0 saturated heterocycles. The van der Waals surface area contributed by atoms with Crippen molar-refractivity contribution < 1.29 is 13.2 Å². The summed E-state index contributed by atoms with van der Waals surface area (Å²) in [6.45, 7) is 3.83. The summed E-state index contributed by atoms with van der Waals surface area (Å²) in [5.74, 6) is 0. The Hall–Kier alpha value is -2.38. The monoisotopic (exact) mass is 309 g/mol. The molecule has 0 aliphatic carbocycles. The van der Waals surface area contributed by atoms with E-state index in [9.17, 15) is 13.2 Å². The van der Waals surface area contributed by atoms with E-state index in [0.29, 0.717) is 17.8 Å². The number of pyridine rings is 1. The topological polar surface area (TPSA) is 48.5 Å². The van der Waals surface area contributed by atoms with Crippen LogP contribution in [0.1, 0.15) is 18.2 Å². The average molecular weight is 309 g/mol. The van der Waals surface area contributed by atoms with Crippen LogP contribution < -0.4 is 0 Å². The Morgan fingerprint density at radius 1 is 1.27 bits per heavy atom. The molecular weight excluding hydrogens is 295 g/mol. The van der Waals surface area contributed by atoms with Crippen molar-refractivity contribution in [3.8, 4) is 11.3 Å². The van der Waals surface area contributed by atoms with Gasteiger partial charge in [0.2, 0.25) is 0 Å². The highest BCUT2D eigenvalue weighted by atomic mass is 19.4. The van der Waals surface area contributed by atoms with Crippen LogP contribution in [0.2, 0.25) is 0 Å². The molecular formula is C14H14F3N5. The fourth-order valence-corrected chi connectivity index (χ4v) is 2.50. The van der Waals surface area contributed by atoms with Gasteiger partial charge in [-0.2, -0.15) is 23.4 Å². The molecule has 0 bridgehead atoms. The van der Waals surface area contributed by atoms with E-state index in [1.807, 2.05) is 6.92 Å². The Balaban J connectivity index is 2.37. The van der Waals surface area contributed by atoms with Crippen LogP contribution in [0, 0.1) is 6.92 Å². The van der Waals surface area contributed by atoms with Crippen LogP contribution in [0.4, 0.5) is 13.2 Å². The Kier molecular flexibility index (Phi) is 3.19. The highest BCUT2D eigenvalue weighted by molar-refractivity contribution is 5.85. The van der Waals surface area contributed by atoms with Gasteiger partial charge in [0, 0.05) is 25.4 Å². The molecule has 22 heavy (non-hydrogen) atoms. The first-order chi connectivity index (χ1) is 10.3. The average Bonchev–Trinajstić information content (AvgIpc) is 3.01. The summed E-state index contributed by atoms with van der Waals surface area (Å²) >= 11 is 0. The normalized spacial score (nSPS) is 12.3. The van der Waals surface area contributed by atoms with E-state index in [2.05, 4.69) is 15.2 Å². The summed E-state index contributed by atoms with van der Waals surface area (Å²) < 4.78 is 43.3. The molecule has 0 aromatic carbocycles. The van der Waals surface area contributed by atoms with E-state index in [0.717, 1.165) is 6.07 Å². The summed E-state index contributed by atoms with van der Waals surface area (Å²) in [5, 5.41) is 8.20. The first kappa shape index (κ1) is 14.6. The van der Waals surface area contributed by atoms with Gasteiger partial charge < -0.3 is 0 Å². The minimum Gasteiger partial charge on any atom is -0.275 e. The molecule has 8 heteroatoms. The van der Waals surface area contributed by atoms with Crippen LogP contribution in [0.5, 0.6) is 0 Å². The van der Waals surface area contributed by atoms with Gasteiger partial charge in [-0.05, 0) is 19.9 Å². The van der Waals surface area contributed by atoms with Gasteiger partial charge in [-0.25, -0.2) is 9.67 Å². The number of aromatic nitrogens is 5. The lowest BCUT2D eigenvalue weighted by atomic mass is 10.1. The summed E-state index contributed by atoms with van der Waals surface area (Å²) in [7, 11) is 1.70. The number of alkyl halides is 3. The summed E-state index contributed by atoms with van der Waals surface area (Å²) in [5.41, 5.74) is 0.635. The van der Waals surface area contributed by atoms with Crippen molar-refractivity contribution in [1.29, 1.82) is 0 Å². The van der Waals surface area contributed by atoms with E-state index >= 15 is 0 Å². The second-order valence-electron chi connectivity index (χ2n) is 5.06. The molecule has 0 atom stereocenters. The number of nitrogens with zero attached hydrogens (tertiary/aromatic N) is 5. The Morgan fingerprint density at radius 3 is 2.55 bits per heavy atom. The third kappa shape index (κ3) is 2.24. The summed E-state index contributed by atoms with van der Waals surface area (Å²) in [6, 6.07) is 1.06. The van der Waals surface area contributed by atoms with Crippen molar-refractivity contribution in [3.63, 3.8) is 0 Å². The van der Waals surface area contributed by atoms with Gasteiger partial charge in [-0.3, -0.25) is 4.68 Å². The second kappa shape index (κ2) is 4.82. The minimum atomic E-state index is -4.47. The quantitative estimate of drug-likeness (QED) is 0.730. The molecule has 0 aliphatic heterocycles. The lowest BCUT2D eigenvalue weighted by Gasteiger charge is -2.10. The lowest BCUT2D eigenvalue weighted by Crippen LogP contribution is -2.08. The maximum Gasteiger partial charge on any atom is 0.417 e. The molecule has 0 amide bonds. The fraction of sp³-hybridized carbons (Fsp3) is 0.357. The molecule has 0 N–H and O–H groups in total. The number of halogens is 3. The zero-order chi connectivity index (χ0) is 16.1. The van der Waals surface area contributed by atoms with Crippen LogP contribution in [-0.4, -0.2) is 24.5 Å². The van der Waals surface area contributed by atoms with Crippen molar-refractivity contribution in [1.82, 2.24) is 24.5 Å². The molecule has 0 spiro atoms. The van der Waals surface area contributed by atoms with E-state index in [4.69, 9.17) is 0 Å². The number of aryl methyl sites for hydroxylation is 3. The first-order valence-corrected chi connectivity index (χ1v) is 6.75. The van der Waals surface area contributed by atoms with Gasteiger partial charge in [0.1, 0.15) is 0 Å². The maximum atomic E-state index is 13.4. The van der Waals surface area contributed by atoms with Crippen molar-refractivity contribution in [3.05, 3.63) is 29.7 Å². The molecule has 5 nitrogen and oxygen atoms in total. The zero-order valence-corrected chi connectivity index (χ0v) is 12.3. The number of hydrogen-bond donors (Lipinski definition) is 0. The molecule has 3 aromatic heterocycles. The summed E-state index contributed by atoms with van der Waals surface area (Å²) in [6.07, 6.45) is -1.34. The fourth-order valence-electron chi connectivity index (χ4n) is 2.50. The number of rotatable bonds is 2. The molecule has 0 saturated carbocycles. The zero-order valence-electron chi connectivity index (χ0n) is 12.3. The molecule has 0 radical (unpaired) electrons.